The molecule has 2 aromatic rings. The van der Waals surface area contributed by atoms with E-state index in [2.05, 4.69) is 25.6 Å². The minimum Gasteiger partial charge on any atom is -0.480 e. The fourth-order valence-corrected chi connectivity index (χ4v) is 1.31. The van der Waals surface area contributed by atoms with Gasteiger partial charge in [0.15, 0.2) is 12.4 Å². The Morgan fingerprint density at radius 2 is 2.28 bits per heavy atom. The van der Waals surface area contributed by atoms with Crippen molar-refractivity contribution < 1.29 is 14.3 Å². The zero-order valence-corrected chi connectivity index (χ0v) is 9.88. The lowest BCUT2D eigenvalue weighted by atomic mass is 10.2. The van der Waals surface area contributed by atoms with Gasteiger partial charge in [0.25, 0.3) is 0 Å². The zero-order chi connectivity index (χ0) is 13.0. The van der Waals surface area contributed by atoms with Crippen molar-refractivity contribution in [3.05, 3.63) is 23.5 Å². The molecule has 8 nitrogen and oxygen atoms in total. The minimum atomic E-state index is -0.121. The molecular formula is C10H11N5O3. The van der Waals surface area contributed by atoms with E-state index in [-0.39, 0.29) is 18.3 Å². The van der Waals surface area contributed by atoms with Crippen molar-refractivity contribution in [1.82, 2.24) is 25.6 Å². The fraction of sp³-hybridized carbons (Fsp3) is 0.300. The lowest BCUT2D eigenvalue weighted by Gasteiger charge is -2.07. The van der Waals surface area contributed by atoms with Crippen LogP contribution in [0, 0.1) is 0 Å². The molecule has 0 saturated heterocycles. The first-order valence-electron chi connectivity index (χ1n) is 5.12. The number of hydrogen-bond donors (Lipinski definition) is 1. The number of carbonyl (C=O) groups excluding carboxylic acids is 1. The topological polar surface area (TPSA) is 103 Å². The summed E-state index contributed by atoms with van der Waals surface area (Å²) in [5, 5.41) is 13.2. The number of carbonyl (C=O) groups is 1. The van der Waals surface area contributed by atoms with E-state index in [1.165, 1.54) is 14.0 Å². The number of rotatable bonds is 5. The number of ketones is 1. The van der Waals surface area contributed by atoms with Crippen LogP contribution in [-0.2, 0) is 6.61 Å². The maximum Gasteiger partial charge on any atom is 0.227 e. The molecule has 0 spiro atoms. The average molecular weight is 249 g/mol. The number of tetrazole rings is 1. The van der Waals surface area contributed by atoms with Crippen molar-refractivity contribution in [2.45, 2.75) is 13.5 Å². The van der Waals surface area contributed by atoms with Crippen molar-refractivity contribution in [2.75, 3.05) is 7.11 Å². The number of nitrogens with one attached hydrogen (secondary N) is 1. The SMILES string of the molecule is COc1nc(OCc2nn[nH]n2)ccc1C(C)=O. The second-order valence-corrected chi connectivity index (χ2v) is 3.38. The summed E-state index contributed by atoms with van der Waals surface area (Å²) in [6.07, 6.45) is 0. The van der Waals surface area contributed by atoms with Crippen LogP contribution >= 0.6 is 0 Å². The molecule has 2 heterocycles. The summed E-state index contributed by atoms with van der Waals surface area (Å²) in [5.74, 6) is 0.838. The van der Waals surface area contributed by atoms with E-state index in [0.717, 1.165) is 0 Å². The highest BCUT2D eigenvalue weighted by Gasteiger charge is 2.11. The lowest BCUT2D eigenvalue weighted by Crippen LogP contribution is -2.03. The van der Waals surface area contributed by atoms with E-state index in [4.69, 9.17) is 9.47 Å². The number of H-pyrrole nitrogens is 1. The molecule has 1 N–H and O–H groups in total. The van der Waals surface area contributed by atoms with Crippen LogP contribution in [0.25, 0.3) is 0 Å². The Morgan fingerprint density at radius 1 is 1.44 bits per heavy atom. The molecule has 0 aliphatic carbocycles. The van der Waals surface area contributed by atoms with Crippen LogP contribution in [0.1, 0.15) is 23.1 Å². The van der Waals surface area contributed by atoms with E-state index in [9.17, 15) is 4.79 Å². The first-order chi connectivity index (χ1) is 8.70. The third kappa shape index (κ3) is 2.59. The molecule has 0 aromatic carbocycles. The normalized spacial score (nSPS) is 10.1. The summed E-state index contributed by atoms with van der Waals surface area (Å²) in [4.78, 5) is 15.3. The van der Waals surface area contributed by atoms with Gasteiger partial charge in [-0.05, 0) is 13.0 Å². The summed E-state index contributed by atoms with van der Waals surface area (Å²) >= 11 is 0. The number of pyridine rings is 1. The Bertz CT molecular complexity index is 540. The van der Waals surface area contributed by atoms with Gasteiger partial charge in [0.1, 0.15) is 0 Å². The standard InChI is InChI=1S/C10H11N5O3/c1-6(16)7-3-4-9(11-10(7)17-2)18-5-8-12-14-15-13-8/h3-4H,5H2,1-2H3,(H,12,13,14,15). The second kappa shape index (κ2) is 5.21. The van der Waals surface area contributed by atoms with Gasteiger partial charge < -0.3 is 9.47 Å². The van der Waals surface area contributed by atoms with Crippen molar-refractivity contribution in [2.24, 2.45) is 0 Å². The number of hydrogen-bond acceptors (Lipinski definition) is 7. The van der Waals surface area contributed by atoms with Crippen molar-refractivity contribution >= 4 is 5.78 Å². The minimum absolute atomic E-state index is 0.121. The number of ether oxygens (including phenoxy) is 2. The van der Waals surface area contributed by atoms with Gasteiger partial charge in [-0.25, -0.2) is 0 Å². The number of methoxy groups -OCH3 is 1. The van der Waals surface area contributed by atoms with Gasteiger partial charge in [-0.15, -0.1) is 10.2 Å². The highest BCUT2D eigenvalue weighted by molar-refractivity contribution is 5.96. The molecule has 94 valence electrons. The smallest absolute Gasteiger partial charge is 0.227 e. The highest BCUT2D eigenvalue weighted by Crippen LogP contribution is 2.20. The summed E-state index contributed by atoms with van der Waals surface area (Å²) in [6, 6.07) is 3.18. The van der Waals surface area contributed by atoms with Crippen LogP contribution in [0.4, 0.5) is 0 Å². The molecule has 2 rings (SSSR count). The first-order valence-corrected chi connectivity index (χ1v) is 5.12. The van der Waals surface area contributed by atoms with Crippen molar-refractivity contribution in [3.8, 4) is 11.8 Å². The number of aromatic nitrogens is 5. The van der Waals surface area contributed by atoms with Crippen LogP contribution in [0.15, 0.2) is 12.1 Å². The molecule has 0 bridgehead atoms. The van der Waals surface area contributed by atoms with Crippen LogP contribution in [-0.4, -0.2) is 38.5 Å². The predicted molar refractivity (Wildman–Crippen MR) is 59.3 cm³/mol. The van der Waals surface area contributed by atoms with E-state index in [1.807, 2.05) is 0 Å². The molecule has 18 heavy (non-hydrogen) atoms. The molecule has 8 heteroatoms. The molecule has 0 amide bonds. The largest absolute Gasteiger partial charge is 0.480 e. The van der Waals surface area contributed by atoms with Gasteiger partial charge in [-0.2, -0.15) is 10.2 Å². The predicted octanol–water partition coefficient (Wildman–Crippen LogP) is 0.385. The van der Waals surface area contributed by atoms with Crippen molar-refractivity contribution in [3.63, 3.8) is 0 Å². The molecule has 0 fully saturated rings. The maximum absolute atomic E-state index is 11.3. The average Bonchev–Trinajstić information content (AvgIpc) is 2.88. The molecule has 2 aromatic heterocycles. The van der Waals surface area contributed by atoms with Gasteiger partial charge in [-0.1, -0.05) is 5.21 Å². The van der Waals surface area contributed by atoms with E-state index in [1.54, 1.807) is 12.1 Å². The Labute approximate surface area is 102 Å². The van der Waals surface area contributed by atoms with Gasteiger partial charge in [0.2, 0.25) is 17.6 Å². The van der Waals surface area contributed by atoms with Gasteiger partial charge in [0, 0.05) is 6.07 Å². The number of Topliss-reactive ketones (excluding diaryl/α,β-unsaturated/α-hetero) is 1. The summed E-state index contributed by atoms with van der Waals surface area (Å²) in [6.45, 7) is 1.57. The number of nitrogens with zero attached hydrogens (tertiary/aromatic N) is 4. The van der Waals surface area contributed by atoms with Crippen LogP contribution in [0.5, 0.6) is 11.8 Å². The Kier molecular flexibility index (Phi) is 3.46. The molecule has 0 radical (unpaired) electrons. The second-order valence-electron chi connectivity index (χ2n) is 3.38. The lowest BCUT2D eigenvalue weighted by molar-refractivity contribution is 0.101. The molecule has 0 unspecified atom stereocenters. The molecular weight excluding hydrogens is 238 g/mol. The van der Waals surface area contributed by atoms with Gasteiger partial charge >= 0.3 is 0 Å². The van der Waals surface area contributed by atoms with Crippen LogP contribution in [0.3, 0.4) is 0 Å². The third-order valence-electron chi connectivity index (χ3n) is 2.15. The molecule has 0 atom stereocenters. The molecule has 0 saturated carbocycles. The monoisotopic (exact) mass is 249 g/mol. The van der Waals surface area contributed by atoms with Crippen LogP contribution in [0.2, 0.25) is 0 Å². The van der Waals surface area contributed by atoms with E-state index >= 15 is 0 Å². The van der Waals surface area contributed by atoms with Crippen molar-refractivity contribution in [1.29, 1.82) is 0 Å². The van der Waals surface area contributed by atoms with Crippen LogP contribution < -0.4 is 9.47 Å². The maximum atomic E-state index is 11.3. The van der Waals surface area contributed by atoms with Gasteiger partial charge in [-0.3, -0.25) is 4.79 Å². The number of aromatic amines is 1. The Morgan fingerprint density at radius 3 is 2.89 bits per heavy atom. The zero-order valence-electron chi connectivity index (χ0n) is 9.88. The third-order valence-corrected chi connectivity index (χ3v) is 2.15. The molecule has 0 aliphatic heterocycles. The molecule has 0 aliphatic rings. The highest BCUT2D eigenvalue weighted by atomic mass is 16.5. The van der Waals surface area contributed by atoms with E-state index in [0.29, 0.717) is 17.3 Å². The summed E-state index contributed by atoms with van der Waals surface area (Å²) < 4.78 is 10.4. The van der Waals surface area contributed by atoms with E-state index < -0.39 is 0 Å². The van der Waals surface area contributed by atoms with Gasteiger partial charge in [0.05, 0.1) is 12.7 Å². The fourth-order valence-electron chi connectivity index (χ4n) is 1.31. The first kappa shape index (κ1) is 12.0. The summed E-state index contributed by atoms with van der Waals surface area (Å²) in [7, 11) is 1.44. The Balaban J connectivity index is 2.12. The summed E-state index contributed by atoms with van der Waals surface area (Å²) in [5.41, 5.74) is 0.407. The Hall–Kier alpha value is -2.51. The quantitative estimate of drug-likeness (QED) is 0.764.